The molecule has 0 aromatic heterocycles. The van der Waals surface area contributed by atoms with Gasteiger partial charge in [-0.15, -0.1) is 0 Å². The summed E-state index contributed by atoms with van der Waals surface area (Å²) in [6.45, 7) is 13.0. The van der Waals surface area contributed by atoms with Gasteiger partial charge in [-0.05, 0) is 145 Å². The van der Waals surface area contributed by atoms with Crippen molar-refractivity contribution in [2.24, 2.45) is 0 Å². The number of nitriles is 1. The van der Waals surface area contributed by atoms with Gasteiger partial charge in [-0.2, -0.15) is 5.26 Å². The van der Waals surface area contributed by atoms with Gasteiger partial charge in [0.2, 0.25) is 0 Å². The second-order valence-corrected chi connectivity index (χ2v) is 14.4. The molecule has 6 aromatic rings. The maximum Gasteiger partial charge on any atom is 0.346 e. The molecule has 6 rings (SSSR count). The number of anilines is 3. The van der Waals surface area contributed by atoms with Crippen LogP contribution in [0.4, 0.5) is 17.1 Å². The molecule has 6 aromatic carbocycles. The van der Waals surface area contributed by atoms with E-state index in [0.717, 1.165) is 56.0 Å². The minimum atomic E-state index is -1.24. The Hall–Kier alpha value is -6.96. The van der Waals surface area contributed by atoms with Crippen LogP contribution in [0.2, 0.25) is 0 Å². The number of aliphatic carboxylic acids is 1. The molecule has 0 amide bonds. The molecule has 0 saturated carbocycles. The van der Waals surface area contributed by atoms with Crippen molar-refractivity contribution in [3.63, 3.8) is 0 Å². The second kappa shape index (κ2) is 17.5. The molecule has 4 heteroatoms. The van der Waals surface area contributed by atoms with Gasteiger partial charge in [-0.3, -0.25) is 0 Å². The normalized spacial score (nSPS) is 11.2. The Morgan fingerprint density at radius 2 is 0.804 bits per heavy atom. The summed E-state index contributed by atoms with van der Waals surface area (Å²) >= 11 is 0. The third-order valence-electron chi connectivity index (χ3n) is 10.3. The molecule has 4 nitrogen and oxygen atoms in total. The highest BCUT2D eigenvalue weighted by molar-refractivity contribution is 5.91. The number of benzene rings is 6. The number of allylic oxidation sites excluding steroid dienone is 6. The highest BCUT2D eigenvalue weighted by atomic mass is 16.4. The van der Waals surface area contributed by atoms with Crippen molar-refractivity contribution in [2.75, 3.05) is 4.90 Å². The van der Waals surface area contributed by atoms with Crippen LogP contribution in [0.15, 0.2) is 174 Å². The van der Waals surface area contributed by atoms with Crippen molar-refractivity contribution >= 4 is 40.3 Å². The summed E-state index contributed by atoms with van der Waals surface area (Å²) in [5, 5.41) is 17.9. The number of rotatable bonds is 11. The van der Waals surface area contributed by atoms with E-state index < -0.39 is 5.97 Å². The largest absolute Gasteiger partial charge is 0.477 e. The fourth-order valence-electron chi connectivity index (χ4n) is 6.46. The van der Waals surface area contributed by atoms with Crippen molar-refractivity contribution in [2.45, 2.75) is 41.5 Å². The van der Waals surface area contributed by atoms with Gasteiger partial charge in [0.25, 0.3) is 0 Å². The molecule has 0 aliphatic rings. The Labute approximate surface area is 331 Å². The zero-order valence-corrected chi connectivity index (χ0v) is 32.8. The number of carboxylic acid groups (broad SMARTS) is 1. The molecule has 0 bridgehead atoms. The van der Waals surface area contributed by atoms with Gasteiger partial charge < -0.3 is 10.0 Å². The minimum absolute atomic E-state index is 0.301. The molecule has 0 aliphatic heterocycles. The Morgan fingerprint density at radius 1 is 0.500 bits per heavy atom. The summed E-state index contributed by atoms with van der Waals surface area (Å²) in [4.78, 5) is 13.3. The Morgan fingerprint density at radius 3 is 1.11 bits per heavy atom. The Balaban J connectivity index is 1.19. The Kier molecular flexibility index (Phi) is 12.1. The second-order valence-electron chi connectivity index (χ2n) is 14.4. The van der Waals surface area contributed by atoms with Gasteiger partial charge in [0.1, 0.15) is 11.6 Å². The van der Waals surface area contributed by atoms with E-state index in [1.807, 2.05) is 24.3 Å². The number of carboxylic acids is 1. The summed E-state index contributed by atoms with van der Waals surface area (Å²) in [5.74, 6) is -1.24. The van der Waals surface area contributed by atoms with Gasteiger partial charge in [0.15, 0.2) is 0 Å². The highest BCUT2D eigenvalue weighted by Crippen LogP contribution is 2.37. The first-order chi connectivity index (χ1) is 27.0. The SMILES string of the molecule is CC(C)=C(C)c1ccc(N(c2ccc(C(C)=C(C)C)cc2)c2ccc(-c3ccc(-c4ccc(-c5ccc(/C=C/C=C(/C#N)C(=O)O)cc5)cc4)cc3)cc2)cc1. The summed E-state index contributed by atoms with van der Waals surface area (Å²) in [6, 6.07) is 53.5. The number of hydrogen-bond donors (Lipinski definition) is 1. The molecule has 0 saturated heterocycles. The molecular weight excluding hydrogens is 685 g/mol. The smallest absolute Gasteiger partial charge is 0.346 e. The minimum Gasteiger partial charge on any atom is -0.477 e. The fourth-order valence-corrected chi connectivity index (χ4v) is 6.46. The van der Waals surface area contributed by atoms with Crippen LogP contribution in [0.3, 0.4) is 0 Å². The molecule has 0 aliphatic carbocycles. The van der Waals surface area contributed by atoms with Crippen LogP contribution in [0, 0.1) is 11.3 Å². The summed E-state index contributed by atoms with van der Waals surface area (Å²) < 4.78 is 0. The molecule has 0 heterocycles. The van der Waals surface area contributed by atoms with Gasteiger partial charge >= 0.3 is 5.97 Å². The number of nitrogens with zero attached hydrogens (tertiary/aromatic N) is 2. The van der Waals surface area contributed by atoms with E-state index in [4.69, 9.17) is 10.4 Å². The van der Waals surface area contributed by atoms with E-state index in [2.05, 4.69) is 168 Å². The molecule has 0 radical (unpaired) electrons. The molecule has 0 atom stereocenters. The van der Waals surface area contributed by atoms with Gasteiger partial charge in [0, 0.05) is 17.1 Å². The summed E-state index contributed by atoms with van der Waals surface area (Å²) in [7, 11) is 0. The molecular formula is C52H46N2O2. The summed E-state index contributed by atoms with van der Waals surface area (Å²) in [5.41, 5.74) is 18.4. The topological polar surface area (TPSA) is 64.3 Å². The molecule has 56 heavy (non-hydrogen) atoms. The molecule has 0 unspecified atom stereocenters. The van der Waals surface area contributed by atoms with E-state index in [-0.39, 0.29) is 5.57 Å². The standard InChI is InChI=1S/C52H46N2O2/c1-35(2)37(5)40-22-28-49(29-23-40)54(50-30-24-41(25-31-50)38(6)36(3)4)51-32-26-47(27-33-51)46-20-18-45(19-21-46)44-16-14-43(15-17-44)42-12-10-39(11-13-42)8-7-9-48(34-53)52(55)56/h7-33H,1-6H3,(H,55,56)/b8-7+,48-9-. The van der Waals surface area contributed by atoms with Crippen LogP contribution < -0.4 is 4.90 Å². The maximum absolute atomic E-state index is 11.0. The first-order valence-corrected chi connectivity index (χ1v) is 18.7. The first kappa shape index (κ1) is 38.8. The van der Waals surface area contributed by atoms with E-state index in [1.165, 1.54) is 39.5 Å². The first-order valence-electron chi connectivity index (χ1n) is 18.7. The quantitative estimate of drug-likeness (QED) is 0.0819. The van der Waals surface area contributed by atoms with Crippen LogP contribution in [-0.2, 0) is 4.79 Å². The number of carbonyl (C=O) groups is 1. The zero-order valence-electron chi connectivity index (χ0n) is 32.8. The lowest BCUT2D eigenvalue weighted by Crippen LogP contribution is -2.10. The molecule has 276 valence electrons. The average molecular weight is 731 g/mol. The van der Waals surface area contributed by atoms with Crippen molar-refractivity contribution in [1.82, 2.24) is 0 Å². The predicted octanol–water partition coefficient (Wildman–Crippen LogP) is 14.3. The lowest BCUT2D eigenvalue weighted by Gasteiger charge is -2.26. The van der Waals surface area contributed by atoms with Gasteiger partial charge in [-0.1, -0.05) is 132 Å². The molecule has 0 spiro atoms. The van der Waals surface area contributed by atoms with E-state index >= 15 is 0 Å². The van der Waals surface area contributed by atoms with Crippen molar-refractivity contribution in [3.8, 4) is 39.4 Å². The van der Waals surface area contributed by atoms with Crippen molar-refractivity contribution in [1.29, 1.82) is 5.26 Å². The van der Waals surface area contributed by atoms with Crippen molar-refractivity contribution in [3.05, 3.63) is 191 Å². The maximum atomic E-state index is 11.0. The lowest BCUT2D eigenvalue weighted by molar-refractivity contribution is -0.132. The lowest BCUT2D eigenvalue weighted by atomic mass is 9.97. The van der Waals surface area contributed by atoms with Gasteiger partial charge in [-0.25, -0.2) is 4.79 Å². The van der Waals surface area contributed by atoms with Crippen LogP contribution in [0.1, 0.15) is 58.2 Å². The van der Waals surface area contributed by atoms with Crippen LogP contribution in [0.25, 0.3) is 50.6 Å². The van der Waals surface area contributed by atoms with E-state index in [0.29, 0.717) is 0 Å². The number of hydrogen-bond acceptors (Lipinski definition) is 3. The third-order valence-corrected chi connectivity index (χ3v) is 10.3. The monoisotopic (exact) mass is 730 g/mol. The van der Waals surface area contributed by atoms with Crippen LogP contribution in [-0.4, -0.2) is 11.1 Å². The van der Waals surface area contributed by atoms with E-state index in [9.17, 15) is 4.79 Å². The molecule has 0 fully saturated rings. The highest BCUT2D eigenvalue weighted by Gasteiger charge is 2.14. The van der Waals surface area contributed by atoms with E-state index in [1.54, 1.807) is 18.2 Å². The molecule has 1 N–H and O–H groups in total. The van der Waals surface area contributed by atoms with Crippen LogP contribution in [0.5, 0.6) is 0 Å². The van der Waals surface area contributed by atoms with Crippen LogP contribution >= 0.6 is 0 Å². The van der Waals surface area contributed by atoms with Crippen molar-refractivity contribution < 1.29 is 9.90 Å². The average Bonchev–Trinajstić information content (AvgIpc) is 3.23. The Bertz CT molecular complexity index is 2420. The van der Waals surface area contributed by atoms with Gasteiger partial charge in [0.05, 0.1) is 0 Å². The summed E-state index contributed by atoms with van der Waals surface area (Å²) in [6.07, 6.45) is 4.65. The predicted molar refractivity (Wildman–Crippen MR) is 236 cm³/mol. The zero-order chi connectivity index (χ0) is 39.8. The third kappa shape index (κ3) is 9.04. The fraction of sp³-hybridized carbons (Fsp3) is 0.115.